The number of fused-ring (bicyclic) bond motifs is 1. The van der Waals surface area contributed by atoms with Crippen LogP contribution in [0.15, 0.2) is 36.4 Å². The zero-order valence-electron chi connectivity index (χ0n) is 13.4. The smallest absolute Gasteiger partial charge is 0.238 e. The van der Waals surface area contributed by atoms with Crippen LogP contribution < -0.4 is 10.6 Å². The molecule has 126 valence electrons. The summed E-state index contributed by atoms with van der Waals surface area (Å²) in [5, 5.41) is 7.08. The Hall–Kier alpha value is -1.75. The van der Waals surface area contributed by atoms with Crippen LogP contribution in [0.25, 0.3) is 0 Å². The predicted octanol–water partition coefficient (Wildman–Crippen LogP) is 4.03. The number of para-hydroxylation sites is 2. The Balaban J connectivity index is 1.62. The van der Waals surface area contributed by atoms with Gasteiger partial charge in [0.1, 0.15) is 0 Å². The highest BCUT2D eigenvalue weighted by atomic mass is 35.5. The van der Waals surface area contributed by atoms with Gasteiger partial charge in [-0.3, -0.25) is 9.69 Å². The molecule has 0 fully saturated rings. The van der Waals surface area contributed by atoms with Gasteiger partial charge in [0.15, 0.2) is 0 Å². The fourth-order valence-electron chi connectivity index (χ4n) is 2.93. The fraction of sp³-hybridized carbons (Fsp3) is 0.278. The molecule has 1 aliphatic rings. The molecule has 0 saturated carbocycles. The van der Waals surface area contributed by atoms with Gasteiger partial charge in [0, 0.05) is 18.8 Å². The molecule has 0 atom stereocenters. The third-order valence-electron chi connectivity index (χ3n) is 4.01. The Kier molecular flexibility index (Phi) is 5.29. The maximum atomic E-state index is 12.3. The van der Waals surface area contributed by atoms with E-state index in [4.69, 9.17) is 23.2 Å². The third-order valence-corrected chi connectivity index (χ3v) is 4.64. The number of hydrogen-bond acceptors (Lipinski definition) is 3. The molecule has 0 aromatic heterocycles. The zero-order chi connectivity index (χ0) is 17.1. The van der Waals surface area contributed by atoms with Crippen molar-refractivity contribution in [2.45, 2.75) is 13.0 Å². The minimum atomic E-state index is -0.145. The predicted molar refractivity (Wildman–Crippen MR) is 100 cm³/mol. The lowest BCUT2D eigenvalue weighted by molar-refractivity contribution is -0.117. The average molecular weight is 364 g/mol. The van der Waals surface area contributed by atoms with Crippen molar-refractivity contribution in [1.29, 1.82) is 0 Å². The number of carbonyl (C=O) groups excluding carboxylic acids is 1. The van der Waals surface area contributed by atoms with Gasteiger partial charge in [0.25, 0.3) is 0 Å². The number of nitrogens with one attached hydrogen (secondary N) is 2. The van der Waals surface area contributed by atoms with E-state index < -0.39 is 0 Å². The highest BCUT2D eigenvalue weighted by Gasteiger charge is 2.16. The molecule has 1 heterocycles. The maximum absolute atomic E-state index is 12.3. The van der Waals surface area contributed by atoms with Gasteiger partial charge in [0.05, 0.1) is 22.3 Å². The quantitative estimate of drug-likeness (QED) is 0.842. The minimum Gasteiger partial charge on any atom is -0.384 e. The third kappa shape index (κ3) is 3.83. The van der Waals surface area contributed by atoms with Crippen molar-refractivity contribution >= 4 is 40.5 Å². The van der Waals surface area contributed by atoms with Crippen molar-refractivity contribution in [2.24, 2.45) is 0 Å². The van der Waals surface area contributed by atoms with E-state index in [0.29, 0.717) is 22.3 Å². The monoisotopic (exact) mass is 363 g/mol. The first-order valence-electron chi connectivity index (χ1n) is 7.81. The summed E-state index contributed by atoms with van der Waals surface area (Å²) < 4.78 is 0. The second-order valence-electron chi connectivity index (χ2n) is 5.95. The summed E-state index contributed by atoms with van der Waals surface area (Å²) in [7, 11) is 1.92. The van der Waals surface area contributed by atoms with Gasteiger partial charge in [-0.15, -0.1) is 0 Å². The second kappa shape index (κ2) is 7.43. The van der Waals surface area contributed by atoms with Crippen LogP contribution in [0.4, 0.5) is 11.4 Å². The van der Waals surface area contributed by atoms with Crippen LogP contribution in [0.2, 0.25) is 10.0 Å². The molecule has 0 saturated heterocycles. The van der Waals surface area contributed by atoms with Crippen molar-refractivity contribution < 1.29 is 4.79 Å². The van der Waals surface area contributed by atoms with Crippen LogP contribution in [0, 0.1) is 0 Å². The minimum absolute atomic E-state index is 0.145. The molecule has 0 radical (unpaired) electrons. The molecule has 0 spiro atoms. The van der Waals surface area contributed by atoms with Gasteiger partial charge in [-0.1, -0.05) is 47.5 Å². The maximum Gasteiger partial charge on any atom is 0.238 e. The van der Waals surface area contributed by atoms with E-state index in [0.717, 1.165) is 13.0 Å². The van der Waals surface area contributed by atoms with Crippen molar-refractivity contribution in [2.75, 3.05) is 30.8 Å². The Morgan fingerprint density at radius 2 is 1.92 bits per heavy atom. The van der Waals surface area contributed by atoms with Gasteiger partial charge >= 0.3 is 0 Å². The lowest BCUT2D eigenvalue weighted by Gasteiger charge is -2.19. The van der Waals surface area contributed by atoms with E-state index in [9.17, 15) is 4.79 Å². The van der Waals surface area contributed by atoms with Gasteiger partial charge < -0.3 is 10.6 Å². The van der Waals surface area contributed by atoms with Crippen LogP contribution in [0.5, 0.6) is 0 Å². The van der Waals surface area contributed by atoms with E-state index in [-0.39, 0.29) is 12.5 Å². The number of amides is 1. The molecule has 4 nitrogen and oxygen atoms in total. The molecule has 0 bridgehead atoms. The first-order valence-corrected chi connectivity index (χ1v) is 8.57. The van der Waals surface area contributed by atoms with Crippen molar-refractivity contribution in [3.05, 3.63) is 57.6 Å². The summed E-state index contributed by atoms with van der Waals surface area (Å²) in [6.07, 6.45) is 1.05. The number of hydrogen-bond donors (Lipinski definition) is 2. The number of halogens is 2. The molecule has 1 aliphatic heterocycles. The van der Waals surface area contributed by atoms with Crippen molar-refractivity contribution in [3.63, 3.8) is 0 Å². The van der Waals surface area contributed by atoms with Crippen molar-refractivity contribution in [1.82, 2.24) is 4.90 Å². The summed E-state index contributed by atoms with van der Waals surface area (Å²) in [6, 6.07) is 11.5. The SMILES string of the molecule is CN(CC(=O)Nc1c(Cl)cccc1Cl)Cc1cccc2c1NCC2. The number of anilines is 2. The van der Waals surface area contributed by atoms with Crippen molar-refractivity contribution in [3.8, 4) is 0 Å². The van der Waals surface area contributed by atoms with Crippen LogP contribution in [-0.4, -0.2) is 30.9 Å². The molecular formula is C18H19Cl2N3O. The number of nitrogens with zero attached hydrogens (tertiary/aromatic N) is 1. The molecule has 2 aromatic rings. The first-order chi connectivity index (χ1) is 11.5. The lowest BCUT2D eigenvalue weighted by atomic mass is 10.1. The molecule has 2 aromatic carbocycles. The van der Waals surface area contributed by atoms with E-state index in [1.807, 2.05) is 11.9 Å². The molecule has 2 N–H and O–H groups in total. The van der Waals surface area contributed by atoms with Gasteiger partial charge in [-0.2, -0.15) is 0 Å². The lowest BCUT2D eigenvalue weighted by Crippen LogP contribution is -2.30. The normalized spacial score (nSPS) is 12.8. The Morgan fingerprint density at radius 3 is 2.67 bits per heavy atom. The van der Waals surface area contributed by atoms with E-state index in [2.05, 4.69) is 28.8 Å². The fourth-order valence-corrected chi connectivity index (χ4v) is 3.42. The highest BCUT2D eigenvalue weighted by Crippen LogP contribution is 2.30. The number of benzene rings is 2. The second-order valence-corrected chi connectivity index (χ2v) is 6.76. The molecule has 6 heteroatoms. The van der Waals surface area contributed by atoms with E-state index in [1.54, 1.807) is 18.2 Å². The zero-order valence-corrected chi connectivity index (χ0v) is 14.9. The Morgan fingerprint density at radius 1 is 1.21 bits per heavy atom. The van der Waals surface area contributed by atoms with Crippen LogP contribution >= 0.6 is 23.2 Å². The van der Waals surface area contributed by atoms with Gasteiger partial charge in [-0.25, -0.2) is 0 Å². The summed E-state index contributed by atoms with van der Waals surface area (Å²) >= 11 is 12.2. The van der Waals surface area contributed by atoms with Crippen LogP contribution in [-0.2, 0) is 17.8 Å². The number of likely N-dealkylation sites (N-methyl/N-ethyl adjacent to an activating group) is 1. The standard InChI is InChI=1S/C18H19Cl2N3O/c1-23(10-13-5-2-4-12-8-9-21-17(12)13)11-16(24)22-18-14(19)6-3-7-15(18)20/h2-7,21H,8-11H2,1H3,(H,22,24). The molecule has 24 heavy (non-hydrogen) atoms. The van der Waals surface area contributed by atoms with E-state index in [1.165, 1.54) is 16.8 Å². The Bertz CT molecular complexity index is 744. The number of rotatable bonds is 5. The summed E-state index contributed by atoms with van der Waals surface area (Å²) in [5.41, 5.74) is 4.21. The Labute approximate surface area is 151 Å². The van der Waals surface area contributed by atoms with Crippen LogP contribution in [0.1, 0.15) is 11.1 Å². The molecule has 1 amide bonds. The molecule has 0 aliphatic carbocycles. The average Bonchev–Trinajstić information content (AvgIpc) is 3.00. The molecular weight excluding hydrogens is 345 g/mol. The molecule has 0 unspecified atom stereocenters. The first kappa shape index (κ1) is 17.1. The largest absolute Gasteiger partial charge is 0.384 e. The van der Waals surface area contributed by atoms with Gasteiger partial charge in [-0.05, 0) is 36.7 Å². The summed E-state index contributed by atoms with van der Waals surface area (Å²) in [5.74, 6) is -0.145. The summed E-state index contributed by atoms with van der Waals surface area (Å²) in [6.45, 7) is 1.92. The highest BCUT2D eigenvalue weighted by molar-refractivity contribution is 6.39. The van der Waals surface area contributed by atoms with E-state index >= 15 is 0 Å². The van der Waals surface area contributed by atoms with Crippen LogP contribution in [0.3, 0.4) is 0 Å². The molecule has 3 rings (SSSR count). The summed E-state index contributed by atoms with van der Waals surface area (Å²) in [4.78, 5) is 14.2. The van der Waals surface area contributed by atoms with Gasteiger partial charge in [0.2, 0.25) is 5.91 Å². The number of carbonyl (C=O) groups is 1. The topological polar surface area (TPSA) is 44.4 Å².